The van der Waals surface area contributed by atoms with E-state index in [0.717, 1.165) is 15.6 Å². The molecule has 3 N–H and O–H groups in total. The molecule has 1 atom stereocenters. The van der Waals surface area contributed by atoms with Crippen molar-refractivity contribution >= 4 is 50.7 Å². The van der Waals surface area contributed by atoms with E-state index >= 15 is 0 Å². The molecule has 1 unspecified atom stereocenters. The Bertz CT molecular complexity index is 651. The molecule has 0 radical (unpaired) electrons. The molecule has 0 saturated heterocycles. The predicted molar refractivity (Wildman–Crippen MR) is 90.9 cm³/mol. The number of amides is 1. The number of aryl methyl sites for hydroxylation is 1. The summed E-state index contributed by atoms with van der Waals surface area (Å²) in [5.74, 6) is -0.370. The number of carbonyl (C=O) groups is 1. The third kappa shape index (κ3) is 3.98. The van der Waals surface area contributed by atoms with E-state index in [0.29, 0.717) is 15.7 Å². The number of nitrogens with one attached hydrogen (secondary N) is 1. The molecule has 0 heterocycles. The summed E-state index contributed by atoms with van der Waals surface area (Å²) in [6, 6.07) is 9.97. The number of carbonyl (C=O) groups excluding carboxylic acids is 1. The lowest BCUT2D eigenvalue weighted by molar-refractivity contribution is -0.117. The minimum Gasteiger partial charge on any atom is -0.322 e. The van der Waals surface area contributed by atoms with Crippen LogP contribution in [-0.2, 0) is 4.79 Å². The first-order chi connectivity index (χ1) is 9.88. The molecule has 0 spiro atoms. The Kier molecular flexibility index (Phi) is 5.27. The maximum atomic E-state index is 12.2. The van der Waals surface area contributed by atoms with E-state index in [4.69, 9.17) is 28.9 Å². The zero-order valence-electron chi connectivity index (χ0n) is 11.2. The monoisotopic (exact) mass is 386 g/mol. The summed E-state index contributed by atoms with van der Waals surface area (Å²) in [5, 5.41) is 3.36. The van der Waals surface area contributed by atoms with Gasteiger partial charge in [-0.15, -0.1) is 0 Å². The fourth-order valence-corrected chi connectivity index (χ4v) is 3.09. The molecule has 0 aliphatic heterocycles. The summed E-state index contributed by atoms with van der Waals surface area (Å²) < 4.78 is 0.735. The SMILES string of the molecule is Cc1ccc(C(N)C(=O)Nc2c(Cl)cc(Br)cc2Cl)cc1. The first-order valence-corrected chi connectivity index (χ1v) is 7.71. The van der Waals surface area contributed by atoms with Gasteiger partial charge >= 0.3 is 0 Å². The molecule has 0 aliphatic carbocycles. The third-order valence-electron chi connectivity index (χ3n) is 2.97. The van der Waals surface area contributed by atoms with Crippen molar-refractivity contribution in [2.75, 3.05) is 5.32 Å². The number of anilines is 1. The Morgan fingerprint density at radius 3 is 2.24 bits per heavy atom. The van der Waals surface area contributed by atoms with E-state index in [1.807, 2.05) is 31.2 Å². The van der Waals surface area contributed by atoms with Crippen LogP contribution in [0.2, 0.25) is 10.0 Å². The summed E-state index contributed by atoms with van der Waals surface area (Å²) in [6.07, 6.45) is 0. The van der Waals surface area contributed by atoms with Crippen molar-refractivity contribution in [1.29, 1.82) is 0 Å². The number of hydrogen-bond acceptors (Lipinski definition) is 2. The van der Waals surface area contributed by atoms with Crippen molar-refractivity contribution in [3.05, 3.63) is 62.0 Å². The lowest BCUT2D eigenvalue weighted by Crippen LogP contribution is -2.28. The summed E-state index contributed by atoms with van der Waals surface area (Å²) in [6.45, 7) is 1.97. The smallest absolute Gasteiger partial charge is 0.245 e. The van der Waals surface area contributed by atoms with Crippen molar-refractivity contribution in [2.45, 2.75) is 13.0 Å². The minimum atomic E-state index is -0.790. The molecule has 2 aromatic carbocycles. The maximum absolute atomic E-state index is 12.2. The van der Waals surface area contributed by atoms with Crippen molar-refractivity contribution < 1.29 is 4.79 Å². The average Bonchev–Trinajstić information content (AvgIpc) is 2.42. The molecule has 6 heteroatoms. The first-order valence-electron chi connectivity index (χ1n) is 6.16. The molecule has 3 nitrogen and oxygen atoms in total. The van der Waals surface area contributed by atoms with Gasteiger partial charge in [-0.25, -0.2) is 0 Å². The van der Waals surface area contributed by atoms with Gasteiger partial charge in [0.05, 0.1) is 15.7 Å². The fourth-order valence-electron chi connectivity index (χ4n) is 1.79. The van der Waals surface area contributed by atoms with E-state index in [1.54, 1.807) is 12.1 Å². The number of benzene rings is 2. The number of hydrogen-bond donors (Lipinski definition) is 2. The molecule has 2 aromatic rings. The highest BCUT2D eigenvalue weighted by Gasteiger charge is 2.18. The van der Waals surface area contributed by atoms with Gasteiger partial charge in [0.25, 0.3) is 0 Å². The standard InChI is InChI=1S/C15H13BrCl2N2O/c1-8-2-4-9(5-3-8)13(19)15(21)20-14-11(17)6-10(16)7-12(14)18/h2-7,13H,19H2,1H3,(H,20,21). The van der Waals surface area contributed by atoms with Crippen molar-refractivity contribution in [2.24, 2.45) is 5.73 Å². The highest BCUT2D eigenvalue weighted by molar-refractivity contribution is 9.10. The summed E-state index contributed by atoms with van der Waals surface area (Å²) in [4.78, 5) is 12.2. The molecule has 2 rings (SSSR count). The van der Waals surface area contributed by atoms with Gasteiger partial charge in [-0.2, -0.15) is 0 Å². The third-order valence-corrected chi connectivity index (χ3v) is 4.03. The van der Waals surface area contributed by atoms with Crippen LogP contribution < -0.4 is 11.1 Å². The Balaban J connectivity index is 2.20. The Morgan fingerprint density at radius 1 is 1.19 bits per heavy atom. The van der Waals surface area contributed by atoms with Crippen LogP contribution >= 0.6 is 39.1 Å². The van der Waals surface area contributed by atoms with Crippen LogP contribution in [0.15, 0.2) is 40.9 Å². The van der Waals surface area contributed by atoms with Crippen LogP contribution in [0.5, 0.6) is 0 Å². The van der Waals surface area contributed by atoms with Gasteiger partial charge < -0.3 is 11.1 Å². The van der Waals surface area contributed by atoms with E-state index in [1.165, 1.54) is 0 Å². The molecule has 21 heavy (non-hydrogen) atoms. The zero-order chi connectivity index (χ0) is 15.6. The summed E-state index contributed by atoms with van der Waals surface area (Å²) >= 11 is 15.4. The van der Waals surface area contributed by atoms with E-state index in [-0.39, 0.29) is 5.91 Å². The Labute approximate surface area is 141 Å². The molecule has 0 aliphatic rings. The predicted octanol–water partition coefficient (Wildman–Crippen LogP) is 4.70. The maximum Gasteiger partial charge on any atom is 0.245 e. The van der Waals surface area contributed by atoms with E-state index in [2.05, 4.69) is 21.2 Å². The quantitative estimate of drug-likeness (QED) is 0.801. The number of nitrogens with two attached hydrogens (primary N) is 1. The molecule has 0 fully saturated rings. The van der Waals surface area contributed by atoms with E-state index < -0.39 is 6.04 Å². The molecule has 0 aromatic heterocycles. The van der Waals surface area contributed by atoms with Crippen LogP contribution in [-0.4, -0.2) is 5.91 Å². The second kappa shape index (κ2) is 6.79. The summed E-state index contributed by atoms with van der Waals surface area (Å²) in [5.41, 5.74) is 8.14. The number of rotatable bonds is 3. The van der Waals surface area contributed by atoms with Gasteiger partial charge in [0.1, 0.15) is 6.04 Å². The molecule has 0 bridgehead atoms. The van der Waals surface area contributed by atoms with E-state index in [9.17, 15) is 4.79 Å². The topological polar surface area (TPSA) is 55.1 Å². The van der Waals surface area contributed by atoms with Gasteiger partial charge in [-0.1, -0.05) is 69.0 Å². The second-order valence-corrected chi connectivity index (χ2v) is 6.35. The number of halogens is 3. The lowest BCUT2D eigenvalue weighted by Gasteiger charge is -2.15. The van der Waals surface area contributed by atoms with Crippen LogP contribution in [0.25, 0.3) is 0 Å². The van der Waals surface area contributed by atoms with Gasteiger partial charge in [-0.3, -0.25) is 4.79 Å². The normalized spacial score (nSPS) is 12.0. The largest absolute Gasteiger partial charge is 0.322 e. The van der Waals surface area contributed by atoms with Crippen molar-refractivity contribution in [3.8, 4) is 0 Å². The van der Waals surface area contributed by atoms with Crippen molar-refractivity contribution in [1.82, 2.24) is 0 Å². The second-order valence-electron chi connectivity index (χ2n) is 4.62. The van der Waals surface area contributed by atoms with Gasteiger partial charge in [0, 0.05) is 4.47 Å². The van der Waals surface area contributed by atoms with Gasteiger partial charge in [0.15, 0.2) is 0 Å². The van der Waals surface area contributed by atoms with Gasteiger partial charge in [0.2, 0.25) is 5.91 Å². The van der Waals surface area contributed by atoms with Crippen LogP contribution in [0, 0.1) is 6.92 Å². The zero-order valence-corrected chi connectivity index (χ0v) is 14.3. The Hall–Kier alpha value is -1.07. The van der Waals surface area contributed by atoms with Crippen LogP contribution in [0.1, 0.15) is 17.2 Å². The fraction of sp³-hybridized carbons (Fsp3) is 0.133. The minimum absolute atomic E-state index is 0.346. The highest BCUT2D eigenvalue weighted by Crippen LogP contribution is 2.34. The average molecular weight is 388 g/mol. The molecular formula is C15H13BrCl2N2O. The molecule has 110 valence electrons. The molecule has 0 saturated carbocycles. The highest BCUT2D eigenvalue weighted by atomic mass is 79.9. The first kappa shape index (κ1) is 16.3. The molecule has 1 amide bonds. The lowest BCUT2D eigenvalue weighted by atomic mass is 10.1. The summed E-state index contributed by atoms with van der Waals surface area (Å²) in [7, 11) is 0. The van der Waals surface area contributed by atoms with Crippen LogP contribution in [0.4, 0.5) is 5.69 Å². The van der Waals surface area contributed by atoms with Crippen LogP contribution in [0.3, 0.4) is 0 Å². The van der Waals surface area contributed by atoms with Crippen molar-refractivity contribution in [3.63, 3.8) is 0 Å². The van der Waals surface area contributed by atoms with Gasteiger partial charge in [-0.05, 0) is 24.6 Å². The Morgan fingerprint density at radius 2 is 1.71 bits per heavy atom. The molecular weight excluding hydrogens is 375 g/mol.